The summed E-state index contributed by atoms with van der Waals surface area (Å²) in [5, 5.41) is 0. The van der Waals surface area contributed by atoms with Crippen LogP contribution in [0.3, 0.4) is 0 Å². The minimum Gasteiger partial charge on any atom is -0.345 e. The molecule has 26 heavy (non-hydrogen) atoms. The predicted octanol–water partition coefficient (Wildman–Crippen LogP) is 2.36. The zero-order valence-electron chi connectivity index (χ0n) is 16.2. The van der Waals surface area contributed by atoms with Gasteiger partial charge in [-0.3, -0.25) is 14.5 Å². The minimum atomic E-state index is -0.277. The first kappa shape index (κ1) is 20.4. The average Bonchev–Trinajstić information content (AvgIpc) is 2.76. The molecule has 1 aliphatic heterocycles. The van der Waals surface area contributed by atoms with E-state index >= 15 is 0 Å². The van der Waals surface area contributed by atoms with E-state index in [1.54, 1.807) is 24.1 Å². The van der Waals surface area contributed by atoms with Gasteiger partial charge in [0.1, 0.15) is 5.82 Å². The van der Waals surface area contributed by atoms with Crippen LogP contribution in [0.4, 0.5) is 4.39 Å². The number of likely N-dealkylation sites (N-methyl/N-ethyl adjacent to an activating group) is 1. The van der Waals surface area contributed by atoms with Gasteiger partial charge in [-0.05, 0) is 30.5 Å². The van der Waals surface area contributed by atoms with E-state index in [2.05, 4.69) is 18.7 Å². The third-order valence-electron chi connectivity index (χ3n) is 5.10. The molecule has 1 saturated heterocycles. The number of hydrogen-bond donors (Lipinski definition) is 0. The van der Waals surface area contributed by atoms with Crippen molar-refractivity contribution in [1.82, 2.24) is 14.7 Å². The highest BCUT2D eigenvalue weighted by Gasteiger charge is 2.32. The van der Waals surface area contributed by atoms with Crippen LogP contribution in [0.5, 0.6) is 0 Å². The second-order valence-corrected chi connectivity index (χ2v) is 7.35. The summed E-state index contributed by atoms with van der Waals surface area (Å²) in [6.45, 7) is 8.89. The molecule has 0 N–H and O–H groups in total. The molecular weight excluding hydrogens is 333 g/mol. The van der Waals surface area contributed by atoms with Crippen molar-refractivity contribution in [1.29, 1.82) is 0 Å². The molecule has 1 aromatic rings. The van der Waals surface area contributed by atoms with Crippen LogP contribution in [0.25, 0.3) is 0 Å². The number of nitrogens with zero attached hydrogens (tertiary/aromatic N) is 3. The van der Waals surface area contributed by atoms with E-state index < -0.39 is 0 Å². The predicted molar refractivity (Wildman–Crippen MR) is 99.9 cm³/mol. The van der Waals surface area contributed by atoms with Crippen LogP contribution in [-0.4, -0.2) is 65.8 Å². The van der Waals surface area contributed by atoms with E-state index in [4.69, 9.17) is 0 Å². The topological polar surface area (TPSA) is 43.9 Å². The average molecular weight is 363 g/mol. The summed E-state index contributed by atoms with van der Waals surface area (Å²) in [6, 6.07) is 6.32. The van der Waals surface area contributed by atoms with Gasteiger partial charge in [0.2, 0.25) is 11.8 Å². The molecule has 1 atom stereocenters. The number of hydrogen-bond acceptors (Lipinski definition) is 3. The summed E-state index contributed by atoms with van der Waals surface area (Å²) >= 11 is 0. The molecule has 1 aliphatic rings. The third kappa shape index (κ3) is 5.27. The van der Waals surface area contributed by atoms with Crippen LogP contribution in [0, 0.1) is 11.7 Å². The lowest BCUT2D eigenvalue weighted by atomic mass is 10.0. The Bertz CT molecular complexity index is 618. The SMILES string of the molecule is CCN(C)C(=O)CN1CCC(=O)N(Cc2ccc(F)cc2)[C@H](C(C)C)C1. The zero-order valence-corrected chi connectivity index (χ0v) is 16.2. The van der Waals surface area contributed by atoms with Gasteiger partial charge in [0.25, 0.3) is 0 Å². The van der Waals surface area contributed by atoms with Gasteiger partial charge < -0.3 is 9.80 Å². The van der Waals surface area contributed by atoms with Crippen LogP contribution in [0.15, 0.2) is 24.3 Å². The highest BCUT2D eigenvalue weighted by atomic mass is 19.1. The maximum atomic E-state index is 13.2. The maximum absolute atomic E-state index is 13.2. The second-order valence-electron chi connectivity index (χ2n) is 7.35. The summed E-state index contributed by atoms with van der Waals surface area (Å²) in [5.41, 5.74) is 0.917. The smallest absolute Gasteiger partial charge is 0.236 e. The fourth-order valence-corrected chi connectivity index (χ4v) is 3.23. The van der Waals surface area contributed by atoms with Crippen molar-refractivity contribution < 1.29 is 14.0 Å². The Labute approximate surface area is 155 Å². The Morgan fingerprint density at radius 1 is 1.31 bits per heavy atom. The fourth-order valence-electron chi connectivity index (χ4n) is 3.23. The summed E-state index contributed by atoms with van der Waals surface area (Å²) < 4.78 is 13.2. The monoisotopic (exact) mass is 363 g/mol. The maximum Gasteiger partial charge on any atom is 0.236 e. The molecular formula is C20H30FN3O2. The molecule has 0 aliphatic carbocycles. The molecule has 0 radical (unpaired) electrons. The lowest BCUT2D eigenvalue weighted by Gasteiger charge is -2.35. The Hall–Kier alpha value is -1.95. The molecule has 1 fully saturated rings. The van der Waals surface area contributed by atoms with Gasteiger partial charge in [0.05, 0.1) is 6.54 Å². The Morgan fingerprint density at radius 2 is 1.96 bits per heavy atom. The number of benzene rings is 1. The van der Waals surface area contributed by atoms with E-state index in [0.29, 0.717) is 39.1 Å². The molecule has 0 spiro atoms. The lowest BCUT2D eigenvalue weighted by Crippen LogP contribution is -2.47. The molecule has 0 saturated carbocycles. The van der Waals surface area contributed by atoms with Gasteiger partial charge in [-0.15, -0.1) is 0 Å². The van der Waals surface area contributed by atoms with Crippen LogP contribution >= 0.6 is 0 Å². The van der Waals surface area contributed by atoms with E-state index in [1.165, 1.54) is 12.1 Å². The first-order chi connectivity index (χ1) is 12.3. The van der Waals surface area contributed by atoms with Crippen molar-refractivity contribution in [3.05, 3.63) is 35.6 Å². The molecule has 1 heterocycles. The summed E-state index contributed by atoms with van der Waals surface area (Å²) in [7, 11) is 1.80. The van der Waals surface area contributed by atoms with Crippen molar-refractivity contribution in [3.8, 4) is 0 Å². The first-order valence-electron chi connectivity index (χ1n) is 9.32. The van der Waals surface area contributed by atoms with Gasteiger partial charge in [-0.1, -0.05) is 26.0 Å². The van der Waals surface area contributed by atoms with Crippen LogP contribution in [0.1, 0.15) is 32.8 Å². The number of halogens is 1. The zero-order chi connectivity index (χ0) is 19.3. The minimum absolute atomic E-state index is 0.0229. The molecule has 6 heteroatoms. The van der Waals surface area contributed by atoms with E-state index in [0.717, 1.165) is 5.56 Å². The normalized spacial score (nSPS) is 18.9. The number of rotatable bonds is 6. The molecule has 2 rings (SSSR count). The first-order valence-corrected chi connectivity index (χ1v) is 9.32. The van der Waals surface area contributed by atoms with Gasteiger partial charge in [0, 0.05) is 45.7 Å². The summed E-state index contributed by atoms with van der Waals surface area (Å²) in [6.07, 6.45) is 0.396. The quantitative estimate of drug-likeness (QED) is 0.779. The van der Waals surface area contributed by atoms with Crippen molar-refractivity contribution in [2.45, 2.75) is 39.8 Å². The van der Waals surface area contributed by atoms with Crippen molar-refractivity contribution in [2.24, 2.45) is 5.92 Å². The third-order valence-corrected chi connectivity index (χ3v) is 5.10. The second kappa shape index (κ2) is 9.12. The van der Waals surface area contributed by atoms with E-state index in [9.17, 15) is 14.0 Å². The van der Waals surface area contributed by atoms with E-state index in [1.807, 2.05) is 11.8 Å². The highest BCUT2D eigenvalue weighted by molar-refractivity contribution is 5.79. The Morgan fingerprint density at radius 3 is 2.54 bits per heavy atom. The van der Waals surface area contributed by atoms with Crippen LogP contribution < -0.4 is 0 Å². The van der Waals surface area contributed by atoms with Crippen molar-refractivity contribution in [2.75, 3.05) is 33.2 Å². The summed E-state index contributed by atoms with van der Waals surface area (Å²) in [5.74, 6) is 0.154. The molecule has 0 bridgehead atoms. The van der Waals surface area contributed by atoms with Gasteiger partial charge in [-0.25, -0.2) is 4.39 Å². The molecule has 1 aromatic carbocycles. The largest absolute Gasteiger partial charge is 0.345 e. The molecule has 0 unspecified atom stereocenters. The highest BCUT2D eigenvalue weighted by Crippen LogP contribution is 2.21. The van der Waals surface area contributed by atoms with E-state index in [-0.39, 0.29) is 29.6 Å². The Kier molecular flexibility index (Phi) is 7.14. The fraction of sp³-hybridized carbons (Fsp3) is 0.600. The molecule has 5 nitrogen and oxygen atoms in total. The van der Waals surface area contributed by atoms with Crippen LogP contribution in [0.2, 0.25) is 0 Å². The van der Waals surface area contributed by atoms with Gasteiger partial charge >= 0.3 is 0 Å². The number of carbonyl (C=O) groups excluding carboxylic acids is 2. The summed E-state index contributed by atoms with van der Waals surface area (Å²) in [4.78, 5) is 30.7. The number of amides is 2. The van der Waals surface area contributed by atoms with Crippen LogP contribution in [-0.2, 0) is 16.1 Å². The van der Waals surface area contributed by atoms with Gasteiger partial charge in [-0.2, -0.15) is 0 Å². The number of carbonyl (C=O) groups is 2. The lowest BCUT2D eigenvalue weighted by molar-refractivity contribution is -0.134. The standard InChI is InChI=1S/C20H30FN3O2/c1-5-22(4)20(26)14-23-11-10-19(25)24(18(13-23)15(2)3)12-16-6-8-17(21)9-7-16/h6-9,15,18H,5,10-14H2,1-4H3/t18-/m0/s1. The Balaban J connectivity index is 2.14. The molecule has 144 valence electrons. The van der Waals surface area contributed by atoms with Crippen molar-refractivity contribution >= 4 is 11.8 Å². The van der Waals surface area contributed by atoms with Gasteiger partial charge in [0.15, 0.2) is 0 Å². The van der Waals surface area contributed by atoms with Crippen molar-refractivity contribution in [3.63, 3.8) is 0 Å². The molecule has 2 amide bonds. The molecule has 0 aromatic heterocycles.